The van der Waals surface area contributed by atoms with Crippen molar-refractivity contribution in [2.45, 2.75) is 32.2 Å². The largest absolute Gasteiger partial charge is 0.324 e. The van der Waals surface area contributed by atoms with Crippen LogP contribution in [0.4, 0.5) is 10.1 Å². The number of carbonyl (C=O) groups is 1. The summed E-state index contributed by atoms with van der Waals surface area (Å²) >= 11 is 0. The Kier molecular flexibility index (Phi) is 3.29. The molecule has 0 bridgehead atoms. The average Bonchev–Trinajstić information content (AvgIpc) is 3.18. The van der Waals surface area contributed by atoms with Gasteiger partial charge in [0.25, 0.3) is 0 Å². The molecule has 1 atom stereocenters. The number of hydrogen-bond acceptors (Lipinski definition) is 3. The molecule has 1 aromatic carbocycles. The van der Waals surface area contributed by atoms with E-state index in [9.17, 15) is 9.18 Å². The first-order chi connectivity index (χ1) is 8.86. The predicted octanol–water partition coefficient (Wildman–Crippen LogP) is 2.07. The van der Waals surface area contributed by atoms with Gasteiger partial charge in [-0.15, -0.1) is 0 Å². The summed E-state index contributed by atoms with van der Waals surface area (Å²) in [6.07, 6.45) is 1.87. The summed E-state index contributed by atoms with van der Waals surface area (Å²) < 4.78 is 13.6. The van der Waals surface area contributed by atoms with Crippen LogP contribution >= 0.6 is 0 Å². The lowest BCUT2D eigenvalue weighted by atomic mass is 9.96. The molecular weight excluding hydrogens is 245 g/mol. The van der Waals surface area contributed by atoms with Gasteiger partial charge in [0.05, 0.1) is 17.2 Å². The van der Waals surface area contributed by atoms with Gasteiger partial charge in [-0.25, -0.2) is 4.39 Å². The molecule has 100 valence electrons. The minimum absolute atomic E-state index is 0.170. The second-order valence-electron chi connectivity index (χ2n) is 5.25. The second-order valence-corrected chi connectivity index (χ2v) is 5.25. The van der Waals surface area contributed by atoms with Gasteiger partial charge < -0.3 is 11.1 Å². The maximum absolute atomic E-state index is 13.6. The Bertz CT molecular complexity index is 571. The van der Waals surface area contributed by atoms with Crippen molar-refractivity contribution in [1.82, 2.24) is 0 Å². The van der Waals surface area contributed by atoms with Crippen LogP contribution in [-0.4, -0.2) is 11.4 Å². The smallest absolute Gasteiger partial charge is 0.244 e. The Labute approximate surface area is 111 Å². The number of nitrogens with two attached hydrogens (primary N) is 1. The van der Waals surface area contributed by atoms with E-state index in [0.717, 1.165) is 18.9 Å². The van der Waals surface area contributed by atoms with Crippen LogP contribution in [0.5, 0.6) is 0 Å². The third-order valence-corrected chi connectivity index (χ3v) is 3.64. The van der Waals surface area contributed by atoms with Crippen LogP contribution in [0.2, 0.25) is 0 Å². The van der Waals surface area contributed by atoms with Crippen molar-refractivity contribution in [3.8, 4) is 6.07 Å². The van der Waals surface area contributed by atoms with Crippen molar-refractivity contribution in [3.63, 3.8) is 0 Å². The van der Waals surface area contributed by atoms with E-state index in [1.807, 2.05) is 6.07 Å². The van der Waals surface area contributed by atoms with Crippen molar-refractivity contribution in [2.24, 2.45) is 11.7 Å². The Morgan fingerprint density at radius 2 is 2.21 bits per heavy atom. The van der Waals surface area contributed by atoms with Gasteiger partial charge in [0.15, 0.2) is 0 Å². The third kappa shape index (κ3) is 2.59. The molecule has 1 aliphatic carbocycles. The Balaban J connectivity index is 2.26. The molecule has 2 rings (SSSR count). The SMILES string of the molecule is Cc1c(F)cc(C#N)cc1NC(=O)C(C)(N)C1CC1. The molecule has 0 aromatic heterocycles. The van der Waals surface area contributed by atoms with Crippen LogP contribution in [0, 0.1) is 30.0 Å². The maximum Gasteiger partial charge on any atom is 0.244 e. The van der Waals surface area contributed by atoms with Gasteiger partial charge >= 0.3 is 0 Å². The zero-order chi connectivity index (χ0) is 14.2. The number of rotatable bonds is 3. The van der Waals surface area contributed by atoms with E-state index in [1.165, 1.54) is 6.07 Å². The highest BCUT2D eigenvalue weighted by atomic mass is 19.1. The van der Waals surface area contributed by atoms with Crippen LogP contribution < -0.4 is 11.1 Å². The molecule has 1 saturated carbocycles. The molecule has 5 heteroatoms. The first-order valence-corrected chi connectivity index (χ1v) is 6.17. The van der Waals surface area contributed by atoms with E-state index in [-0.39, 0.29) is 17.4 Å². The molecule has 0 saturated heterocycles. The maximum atomic E-state index is 13.6. The van der Waals surface area contributed by atoms with Gasteiger partial charge in [0.2, 0.25) is 5.91 Å². The summed E-state index contributed by atoms with van der Waals surface area (Å²) in [7, 11) is 0. The third-order valence-electron chi connectivity index (χ3n) is 3.64. The van der Waals surface area contributed by atoms with Crippen molar-refractivity contribution >= 4 is 11.6 Å². The summed E-state index contributed by atoms with van der Waals surface area (Å²) in [5.74, 6) is -0.677. The molecule has 3 N–H and O–H groups in total. The minimum atomic E-state index is -0.953. The molecule has 4 nitrogen and oxygen atoms in total. The van der Waals surface area contributed by atoms with Gasteiger partial charge in [0.1, 0.15) is 5.82 Å². The zero-order valence-corrected chi connectivity index (χ0v) is 11.0. The van der Waals surface area contributed by atoms with Crippen molar-refractivity contribution in [2.75, 3.05) is 5.32 Å². The number of hydrogen-bond donors (Lipinski definition) is 2. The van der Waals surface area contributed by atoms with E-state index in [1.54, 1.807) is 13.8 Å². The monoisotopic (exact) mass is 261 g/mol. The molecule has 19 heavy (non-hydrogen) atoms. The second kappa shape index (κ2) is 4.63. The minimum Gasteiger partial charge on any atom is -0.324 e. The quantitative estimate of drug-likeness (QED) is 0.874. The summed E-state index contributed by atoms with van der Waals surface area (Å²) in [5, 5.41) is 11.4. The first kappa shape index (κ1) is 13.5. The van der Waals surface area contributed by atoms with Gasteiger partial charge in [0, 0.05) is 11.3 Å². The number of amides is 1. The fraction of sp³-hybridized carbons (Fsp3) is 0.429. The van der Waals surface area contributed by atoms with Crippen LogP contribution in [0.3, 0.4) is 0 Å². The fourth-order valence-corrected chi connectivity index (χ4v) is 2.00. The molecule has 0 heterocycles. The lowest BCUT2D eigenvalue weighted by molar-refractivity contribution is -0.121. The number of benzene rings is 1. The molecule has 1 amide bonds. The summed E-state index contributed by atoms with van der Waals surface area (Å²) in [4.78, 5) is 12.1. The Morgan fingerprint density at radius 3 is 2.74 bits per heavy atom. The van der Waals surface area contributed by atoms with Crippen molar-refractivity contribution in [3.05, 3.63) is 29.1 Å². The fourth-order valence-electron chi connectivity index (χ4n) is 2.00. The van der Waals surface area contributed by atoms with Crippen LogP contribution in [-0.2, 0) is 4.79 Å². The number of nitrogens with zero attached hydrogens (tertiary/aromatic N) is 1. The lowest BCUT2D eigenvalue weighted by Gasteiger charge is -2.23. The van der Waals surface area contributed by atoms with Crippen LogP contribution in [0.1, 0.15) is 30.9 Å². The number of nitrogens with one attached hydrogen (secondary N) is 1. The molecule has 1 aromatic rings. The topological polar surface area (TPSA) is 78.9 Å². The van der Waals surface area contributed by atoms with E-state index in [4.69, 9.17) is 11.0 Å². The highest BCUT2D eigenvalue weighted by Crippen LogP contribution is 2.38. The highest BCUT2D eigenvalue weighted by molar-refractivity contribution is 5.98. The molecule has 1 fully saturated rings. The first-order valence-electron chi connectivity index (χ1n) is 6.17. The van der Waals surface area contributed by atoms with Gasteiger partial charge in [-0.1, -0.05) is 0 Å². The number of anilines is 1. The molecule has 0 aliphatic heterocycles. The summed E-state index contributed by atoms with van der Waals surface area (Å²) in [5.41, 5.74) is 5.83. The van der Waals surface area contributed by atoms with Crippen molar-refractivity contribution < 1.29 is 9.18 Å². The van der Waals surface area contributed by atoms with E-state index >= 15 is 0 Å². The van der Waals surface area contributed by atoms with Crippen LogP contribution in [0.25, 0.3) is 0 Å². The standard InChI is InChI=1S/C14H16FN3O/c1-8-11(15)5-9(7-16)6-12(8)18-13(19)14(2,17)10-3-4-10/h5-6,10H,3-4,17H2,1-2H3,(H,18,19). The highest BCUT2D eigenvalue weighted by Gasteiger charge is 2.44. The zero-order valence-electron chi connectivity index (χ0n) is 11.0. The lowest BCUT2D eigenvalue weighted by Crippen LogP contribution is -2.50. The molecular formula is C14H16FN3O. The summed E-state index contributed by atoms with van der Waals surface area (Å²) in [6, 6.07) is 4.46. The predicted molar refractivity (Wildman–Crippen MR) is 69.8 cm³/mol. The Hall–Kier alpha value is -1.93. The van der Waals surface area contributed by atoms with Crippen molar-refractivity contribution in [1.29, 1.82) is 5.26 Å². The average molecular weight is 261 g/mol. The molecule has 1 aliphatic rings. The number of carbonyl (C=O) groups excluding carboxylic acids is 1. The van der Waals surface area contributed by atoms with Crippen LogP contribution in [0.15, 0.2) is 12.1 Å². The normalized spacial score (nSPS) is 17.4. The number of halogens is 1. The number of nitriles is 1. The van der Waals surface area contributed by atoms with E-state index in [0.29, 0.717) is 11.3 Å². The molecule has 0 radical (unpaired) electrons. The van der Waals surface area contributed by atoms with Gasteiger partial charge in [-0.3, -0.25) is 4.79 Å². The molecule has 0 spiro atoms. The van der Waals surface area contributed by atoms with E-state index in [2.05, 4.69) is 5.32 Å². The van der Waals surface area contributed by atoms with Gasteiger partial charge in [-0.05, 0) is 44.7 Å². The Morgan fingerprint density at radius 1 is 1.58 bits per heavy atom. The van der Waals surface area contributed by atoms with E-state index < -0.39 is 11.4 Å². The molecule has 1 unspecified atom stereocenters. The summed E-state index contributed by atoms with van der Waals surface area (Å²) in [6.45, 7) is 3.23. The van der Waals surface area contributed by atoms with Gasteiger partial charge in [-0.2, -0.15) is 5.26 Å².